The molecule has 6 heteroatoms. The first kappa shape index (κ1) is 23.4. The Morgan fingerprint density at radius 1 is 1.03 bits per heavy atom. The lowest BCUT2D eigenvalue weighted by Gasteiger charge is -2.33. The molecule has 2 aromatic carbocycles. The summed E-state index contributed by atoms with van der Waals surface area (Å²) in [5.74, 6) is 0.864. The minimum atomic E-state index is -0.305. The summed E-state index contributed by atoms with van der Waals surface area (Å²) in [6, 6.07) is 16.8. The molecule has 0 radical (unpaired) electrons. The van der Waals surface area contributed by atoms with E-state index in [4.69, 9.17) is 19.0 Å². The number of nitrogens with zero attached hydrogens (tertiary/aromatic N) is 1. The van der Waals surface area contributed by atoms with Crippen LogP contribution >= 0.6 is 0 Å². The standard InChI is InChI=1S/C23H29NO4.C2H4O/c1-26-20-8-6-19(7-9-20)18-4-2-17(3-5-18)16-28-21-14-22(23(25)15-21)24-10-12-27-13-11-24;1-2-3/h2-9,21-23,25H,10-16H2,1H3;2H,1H3. The fourth-order valence-electron chi connectivity index (χ4n) is 4.18. The van der Waals surface area contributed by atoms with E-state index in [0.717, 1.165) is 50.3 Å². The largest absolute Gasteiger partial charge is 0.497 e. The second kappa shape index (κ2) is 12.0. The molecular weight excluding hydrogens is 394 g/mol. The number of morpholine rings is 1. The summed E-state index contributed by atoms with van der Waals surface area (Å²) in [6.07, 6.45) is 2.17. The molecule has 4 rings (SSSR count). The fraction of sp³-hybridized carbons (Fsp3) is 0.480. The molecule has 31 heavy (non-hydrogen) atoms. The van der Waals surface area contributed by atoms with E-state index in [0.29, 0.717) is 13.0 Å². The number of carbonyl (C=O) groups excluding carboxylic acids is 1. The van der Waals surface area contributed by atoms with Crippen molar-refractivity contribution in [3.8, 4) is 16.9 Å². The van der Waals surface area contributed by atoms with Crippen LogP contribution < -0.4 is 4.74 Å². The van der Waals surface area contributed by atoms with Crippen molar-refractivity contribution in [2.75, 3.05) is 33.4 Å². The zero-order chi connectivity index (χ0) is 22.1. The maximum Gasteiger partial charge on any atom is 0.118 e. The number of aliphatic hydroxyl groups is 1. The molecule has 1 N–H and O–H groups in total. The molecular formula is C25H33NO5. The molecule has 0 amide bonds. The third kappa shape index (κ3) is 6.61. The number of methoxy groups -OCH3 is 1. The summed E-state index contributed by atoms with van der Waals surface area (Å²) in [5, 5.41) is 10.4. The Kier molecular flexibility index (Phi) is 9.03. The lowest BCUT2D eigenvalue weighted by atomic mass is 10.0. The summed E-state index contributed by atoms with van der Waals surface area (Å²) in [5.41, 5.74) is 3.50. The summed E-state index contributed by atoms with van der Waals surface area (Å²) < 4.78 is 16.8. The van der Waals surface area contributed by atoms with E-state index >= 15 is 0 Å². The first-order chi connectivity index (χ1) is 15.1. The van der Waals surface area contributed by atoms with Gasteiger partial charge in [-0.1, -0.05) is 36.4 Å². The highest BCUT2D eigenvalue weighted by Crippen LogP contribution is 2.29. The van der Waals surface area contributed by atoms with Gasteiger partial charge in [0.05, 0.1) is 39.1 Å². The molecule has 1 saturated heterocycles. The first-order valence-corrected chi connectivity index (χ1v) is 10.9. The van der Waals surface area contributed by atoms with Gasteiger partial charge >= 0.3 is 0 Å². The molecule has 168 valence electrons. The van der Waals surface area contributed by atoms with E-state index in [1.54, 1.807) is 7.11 Å². The van der Waals surface area contributed by atoms with Crippen LogP contribution in [0.2, 0.25) is 0 Å². The molecule has 1 saturated carbocycles. The van der Waals surface area contributed by atoms with Gasteiger partial charge < -0.3 is 24.1 Å². The summed E-state index contributed by atoms with van der Waals surface area (Å²) in [7, 11) is 1.68. The second-order valence-corrected chi connectivity index (χ2v) is 7.85. The Balaban J connectivity index is 0.000000858. The van der Waals surface area contributed by atoms with Crippen LogP contribution in [0.5, 0.6) is 5.75 Å². The van der Waals surface area contributed by atoms with E-state index in [9.17, 15) is 5.11 Å². The molecule has 1 aliphatic heterocycles. The van der Waals surface area contributed by atoms with Crippen molar-refractivity contribution in [3.63, 3.8) is 0 Å². The molecule has 2 aliphatic rings. The van der Waals surface area contributed by atoms with Crippen LogP contribution in [0.3, 0.4) is 0 Å². The Hall–Kier alpha value is -2.25. The molecule has 6 nitrogen and oxygen atoms in total. The van der Waals surface area contributed by atoms with Crippen molar-refractivity contribution in [1.29, 1.82) is 0 Å². The Morgan fingerprint density at radius 2 is 1.61 bits per heavy atom. The molecule has 2 aromatic rings. The van der Waals surface area contributed by atoms with Crippen LogP contribution in [-0.4, -0.2) is 68.0 Å². The normalized spacial score (nSPS) is 23.6. The van der Waals surface area contributed by atoms with Crippen molar-refractivity contribution in [2.45, 2.75) is 44.6 Å². The summed E-state index contributed by atoms with van der Waals surface area (Å²) >= 11 is 0. The number of carbonyl (C=O) groups is 1. The Morgan fingerprint density at radius 3 is 2.19 bits per heavy atom. The minimum Gasteiger partial charge on any atom is -0.497 e. The van der Waals surface area contributed by atoms with E-state index in [2.05, 4.69) is 41.3 Å². The number of benzene rings is 2. The number of aldehydes is 1. The topological polar surface area (TPSA) is 68.2 Å². The summed E-state index contributed by atoms with van der Waals surface area (Å²) in [4.78, 5) is 11.2. The average molecular weight is 428 g/mol. The van der Waals surface area contributed by atoms with Gasteiger partial charge in [-0.2, -0.15) is 0 Å². The third-order valence-electron chi connectivity index (χ3n) is 5.83. The van der Waals surface area contributed by atoms with Crippen LogP contribution in [0.25, 0.3) is 11.1 Å². The van der Waals surface area contributed by atoms with E-state index in [1.807, 2.05) is 12.1 Å². The number of hydrogen-bond acceptors (Lipinski definition) is 6. The van der Waals surface area contributed by atoms with Gasteiger partial charge in [0.25, 0.3) is 0 Å². The van der Waals surface area contributed by atoms with Gasteiger partial charge in [0.1, 0.15) is 12.0 Å². The van der Waals surface area contributed by atoms with Gasteiger partial charge in [-0.15, -0.1) is 0 Å². The maximum atomic E-state index is 10.4. The highest BCUT2D eigenvalue weighted by atomic mass is 16.5. The van der Waals surface area contributed by atoms with Crippen LogP contribution in [-0.2, 0) is 20.9 Å². The predicted molar refractivity (Wildman–Crippen MR) is 120 cm³/mol. The molecule has 0 bridgehead atoms. The number of rotatable bonds is 6. The van der Waals surface area contributed by atoms with Crippen LogP contribution in [0.4, 0.5) is 0 Å². The SMILES string of the molecule is CC=O.COc1ccc(-c2ccc(COC3CC(O)C(N4CCOCC4)C3)cc2)cc1. The van der Waals surface area contributed by atoms with Crippen molar-refractivity contribution in [1.82, 2.24) is 4.90 Å². The quantitative estimate of drug-likeness (QED) is 0.714. The average Bonchev–Trinajstić information content (AvgIpc) is 3.20. The van der Waals surface area contributed by atoms with Crippen LogP contribution in [0.1, 0.15) is 25.3 Å². The van der Waals surface area contributed by atoms with Crippen molar-refractivity contribution >= 4 is 6.29 Å². The monoisotopic (exact) mass is 427 g/mol. The predicted octanol–water partition coefficient (Wildman–Crippen LogP) is 3.31. The van der Waals surface area contributed by atoms with Gasteiger partial charge in [0.2, 0.25) is 0 Å². The lowest BCUT2D eigenvalue weighted by molar-refractivity contribution is -0.106. The molecule has 1 aliphatic carbocycles. The third-order valence-corrected chi connectivity index (χ3v) is 5.83. The summed E-state index contributed by atoms with van der Waals surface area (Å²) in [6.45, 7) is 5.35. The lowest BCUT2D eigenvalue weighted by Crippen LogP contribution is -2.46. The molecule has 3 unspecified atom stereocenters. The van der Waals surface area contributed by atoms with Crippen LogP contribution in [0, 0.1) is 0 Å². The number of aliphatic hydroxyl groups excluding tert-OH is 1. The zero-order valence-electron chi connectivity index (χ0n) is 18.4. The fourth-order valence-corrected chi connectivity index (χ4v) is 4.18. The minimum absolute atomic E-state index is 0.115. The molecule has 1 heterocycles. The van der Waals surface area contributed by atoms with E-state index in [-0.39, 0.29) is 18.2 Å². The van der Waals surface area contributed by atoms with Crippen molar-refractivity contribution in [2.24, 2.45) is 0 Å². The van der Waals surface area contributed by atoms with E-state index in [1.165, 1.54) is 18.1 Å². The highest BCUT2D eigenvalue weighted by Gasteiger charge is 2.37. The van der Waals surface area contributed by atoms with Crippen LogP contribution in [0.15, 0.2) is 48.5 Å². The highest BCUT2D eigenvalue weighted by molar-refractivity contribution is 5.64. The molecule has 0 aromatic heterocycles. The molecule has 0 spiro atoms. The Labute approximate surface area is 184 Å². The number of hydrogen-bond donors (Lipinski definition) is 1. The second-order valence-electron chi connectivity index (χ2n) is 7.85. The first-order valence-electron chi connectivity index (χ1n) is 10.9. The van der Waals surface area contributed by atoms with Gasteiger partial charge in [0.15, 0.2) is 0 Å². The molecule has 3 atom stereocenters. The maximum absolute atomic E-state index is 10.4. The van der Waals surface area contributed by atoms with Gasteiger partial charge in [0, 0.05) is 25.6 Å². The zero-order valence-corrected chi connectivity index (χ0v) is 18.4. The number of ether oxygens (including phenoxy) is 3. The Bertz CT molecular complexity index is 787. The molecule has 2 fully saturated rings. The smallest absolute Gasteiger partial charge is 0.118 e. The van der Waals surface area contributed by atoms with Crippen molar-refractivity contribution in [3.05, 3.63) is 54.1 Å². The van der Waals surface area contributed by atoms with Gasteiger partial charge in [-0.3, -0.25) is 4.90 Å². The van der Waals surface area contributed by atoms with E-state index < -0.39 is 0 Å². The van der Waals surface area contributed by atoms with Gasteiger partial charge in [-0.05, 0) is 42.2 Å². The van der Waals surface area contributed by atoms with Crippen molar-refractivity contribution < 1.29 is 24.1 Å². The van der Waals surface area contributed by atoms with Gasteiger partial charge in [-0.25, -0.2) is 0 Å².